The molecular weight excluding hydrogens is 278 g/mol. The molecule has 0 saturated carbocycles. The van der Waals surface area contributed by atoms with E-state index in [1.165, 1.54) is 5.56 Å². The van der Waals surface area contributed by atoms with Gasteiger partial charge in [-0.25, -0.2) is 0 Å². The van der Waals surface area contributed by atoms with Gasteiger partial charge in [0.1, 0.15) is 6.04 Å². The largest absolute Gasteiger partial charge is 0.353 e. The molecule has 1 aliphatic heterocycles. The number of hydrogen-bond donors (Lipinski definition) is 1. The Hall–Kier alpha value is -1.88. The fourth-order valence-electron chi connectivity index (χ4n) is 2.78. The van der Waals surface area contributed by atoms with E-state index in [-0.39, 0.29) is 17.9 Å². The fourth-order valence-corrected chi connectivity index (χ4v) is 2.78. The number of nitrogens with one attached hydrogen (secondary N) is 1. The standard InChI is InChI=1S/C17H25N3O2/c1-13-6-8-14(9-7-13)16(19(2)3)17(22)18-10-12-20-11-4-5-15(20)21/h6-9,16H,4-5,10-12H2,1-3H3,(H,18,22)/t16-/m0/s1. The Balaban J connectivity index is 1.92. The third-order valence-corrected chi connectivity index (χ3v) is 4.01. The minimum absolute atomic E-state index is 0.0273. The zero-order valence-corrected chi connectivity index (χ0v) is 13.6. The van der Waals surface area contributed by atoms with E-state index in [9.17, 15) is 9.59 Å². The summed E-state index contributed by atoms with van der Waals surface area (Å²) >= 11 is 0. The van der Waals surface area contributed by atoms with E-state index in [1.54, 1.807) is 0 Å². The lowest BCUT2D eigenvalue weighted by atomic mass is 10.0. The van der Waals surface area contributed by atoms with Crippen LogP contribution in [-0.4, -0.2) is 55.3 Å². The van der Waals surface area contributed by atoms with Gasteiger partial charge in [-0.1, -0.05) is 29.8 Å². The molecule has 0 aromatic heterocycles. The van der Waals surface area contributed by atoms with Crippen LogP contribution in [0.5, 0.6) is 0 Å². The Kier molecular flexibility index (Phi) is 5.55. The molecule has 1 saturated heterocycles. The van der Waals surface area contributed by atoms with E-state index < -0.39 is 0 Å². The van der Waals surface area contributed by atoms with E-state index in [0.717, 1.165) is 18.5 Å². The van der Waals surface area contributed by atoms with E-state index in [0.29, 0.717) is 19.5 Å². The van der Waals surface area contributed by atoms with Crippen molar-refractivity contribution in [1.29, 1.82) is 0 Å². The summed E-state index contributed by atoms with van der Waals surface area (Å²) in [5.74, 6) is 0.164. The first-order valence-electron chi connectivity index (χ1n) is 7.77. The SMILES string of the molecule is Cc1ccc([C@@H](C(=O)NCCN2CCCC2=O)N(C)C)cc1. The van der Waals surface area contributed by atoms with Crippen molar-refractivity contribution in [3.8, 4) is 0 Å². The molecule has 0 bridgehead atoms. The van der Waals surface area contributed by atoms with Crippen molar-refractivity contribution in [2.75, 3.05) is 33.7 Å². The number of carbonyl (C=O) groups is 2. The van der Waals surface area contributed by atoms with Gasteiger partial charge >= 0.3 is 0 Å². The number of carbonyl (C=O) groups excluding carboxylic acids is 2. The number of aryl methyl sites for hydroxylation is 1. The summed E-state index contributed by atoms with van der Waals surface area (Å²) < 4.78 is 0. The maximum Gasteiger partial charge on any atom is 0.242 e. The second-order valence-corrected chi connectivity index (χ2v) is 6.05. The second kappa shape index (κ2) is 7.40. The molecule has 0 unspecified atom stereocenters. The number of benzene rings is 1. The first-order valence-corrected chi connectivity index (χ1v) is 7.77. The average molecular weight is 303 g/mol. The van der Waals surface area contributed by atoms with Crippen molar-refractivity contribution < 1.29 is 9.59 Å². The van der Waals surface area contributed by atoms with Crippen LogP contribution >= 0.6 is 0 Å². The molecule has 0 aliphatic carbocycles. The van der Waals surface area contributed by atoms with Crippen LogP contribution in [0.15, 0.2) is 24.3 Å². The molecule has 1 fully saturated rings. The van der Waals surface area contributed by atoms with Crippen LogP contribution < -0.4 is 5.32 Å². The highest BCUT2D eigenvalue weighted by Crippen LogP contribution is 2.19. The molecule has 2 rings (SSSR count). The highest BCUT2D eigenvalue weighted by Gasteiger charge is 2.24. The Morgan fingerprint density at radius 2 is 2.00 bits per heavy atom. The number of likely N-dealkylation sites (tertiary alicyclic amines) is 1. The fraction of sp³-hybridized carbons (Fsp3) is 0.529. The molecule has 1 heterocycles. The Morgan fingerprint density at radius 3 is 2.55 bits per heavy atom. The molecule has 0 radical (unpaired) electrons. The van der Waals surface area contributed by atoms with Crippen LogP contribution in [-0.2, 0) is 9.59 Å². The van der Waals surface area contributed by atoms with Gasteiger partial charge in [0, 0.05) is 26.1 Å². The van der Waals surface area contributed by atoms with Gasteiger partial charge in [-0.2, -0.15) is 0 Å². The lowest BCUT2D eigenvalue weighted by molar-refractivity contribution is -0.129. The highest BCUT2D eigenvalue weighted by atomic mass is 16.2. The summed E-state index contributed by atoms with van der Waals surface area (Å²) in [6, 6.07) is 7.70. The Morgan fingerprint density at radius 1 is 1.32 bits per heavy atom. The molecule has 1 atom stereocenters. The maximum absolute atomic E-state index is 12.5. The topological polar surface area (TPSA) is 52.7 Å². The lowest BCUT2D eigenvalue weighted by Gasteiger charge is -2.24. The molecule has 0 spiro atoms. The Bertz CT molecular complexity index is 525. The smallest absolute Gasteiger partial charge is 0.242 e. The first-order chi connectivity index (χ1) is 10.5. The van der Waals surface area contributed by atoms with Crippen molar-refractivity contribution in [1.82, 2.24) is 15.1 Å². The van der Waals surface area contributed by atoms with E-state index in [4.69, 9.17) is 0 Å². The third-order valence-electron chi connectivity index (χ3n) is 4.01. The number of hydrogen-bond acceptors (Lipinski definition) is 3. The predicted octanol–water partition coefficient (Wildman–Crippen LogP) is 1.34. The number of nitrogens with zero attached hydrogens (tertiary/aromatic N) is 2. The highest BCUT2D eigenvalue weighted by molar-refractivity contribution is 5.83. The van der Waals surface area contributed by atoms with Crippen molar-refractivity contribution in [2.45, 2.75) is 25.8 Å². The van der Waals surface area contributed by atoms with Gasteiger partial charge in [0.25, 0.3) is 0 Å². The van der Waals surface area contributed by atoms with Crippen molar-refractivity contribution in [3.63, 3.8) is 0 Å². The lowest BCUT2D eigenvalue weighted by Crippen LogP contribution is -2.41. The average Bonchev–Trinajstić information content (AvgIpc) is 2.86. The minimum atomic E-state index is -0.310. The molecule has 1 aliphatic rings. The van der Waals surface area contributed by atoms with Crippen LogP contribution in [0.25, 0.3) is 0 Å². The molecule has 5 heteroatoms. The summed E-state index contributed by atoms with van der Waals surface area (Å²) in [5, 5.41) is 2.95. The minimum Gasteiger partial charge on any atom is -0.353 e. The number of likely N-dealkylation sites (N-methyl/N-ethyl adjacent to an activating group) is 1. The van der Waals surface area contributed by atoms with Gasteiger partial charge in [0.15, 0.2) is 0 Å². The molecule has 1 aromatic rings. The van der Waals surface area contributed by atoms with Crippen molar-refractivity contribution in [3.05, 3.63) is 35.4 Å². The van der Waals surface area contributed by atoms with Crippen molar-refractivity contribution >= 4 is 11.8 Å². The first kappa shape index (κ1) is 16.5. The molecule has 5 nitrogen and oxygen atoms in total. The normalized spacial score (nSPS) is 16.2. The van der Waals surface area contributed by atoms with Crippen LogP contribution in [0.4, 0.5) is 0 Å². The summed E-state index contributed by atoms with van der Waals surface area (Å²) in [5.41, 5.74) is 2.15. The van der Waals surface area contributed by atoms with Crippen LogP contribution in [0.2, 0.25) is 0 Å². The Labute approximate surface area is 132 Å². The summed E-state index contributed by atoms with van der Waals surface area (Å²) in [4.78, 5) is 27.7. The van der Waals surface area contributed by atoms with Gasteiger partial charge in [-0.05, 0) is 33.0 Å². The molecule has 1 N–H and O–H groups in total. The van der Waals surface area contributed by atoms with Gasteiger partial charge in [0.2, 0.25) is 11.8 Å². The van der Waals surface area contributed by atoms with Gasteiger partial charge < -0.3 is 10.2 Å². The monoisotopic (exact) mass is 303 g/mol. The predicted molar refractivity (Wildman–Crippen MR) is 86.4 cm³/mol. The summed E-state index contributed by atoms with van der Waals surface area (Å²) in [6.07, 6.45) is 1.56. The van der Waals surface area contributed by atoms with Crippen LogP contribution in [0.3, 0.4) is 0 Å². The maximum atomic E-state index is 12.5. The number of rotatable bonds is 6. The van der Waals surface area contributed by atoms with E-state index in [1.807, 2.05) is 55.1 Å². The number of amides is 2. The van der Waals surface area contributed by atoms with Gasteiger partial charge in [0.05, 0.1) is 0 Å². The molecule has 120 valence electrons. The van der Waals surface area contributed by atoms with E-state index >= 15 is 0 Å². The zero-order valence-electron chi connectivity index (χ0n) is 13.6. The van der Waals surface area contributed by atoms with Gasteiger partial charge in [-0.15, -0.1) is 0 Å². The molecule has 2 amide bonds. The zero-order chi connectivity index (χ0) is 16.1. The summed E-state index contributed by atoms with van der Waals surface area (Å²) in [7, 11) is 3.79. The van der Waals surface area contributed by atoms with Gasteiger partial charge in [-0.3, -0.25) is 14.5 Å². The van der Waals surface area contributed by atoms with Crippen LogP contribution in [0, 0.1) is 6.92 Å². The molecule has 1 aromatic carbocycles. The molecule has 22 heavy (non-hydrogen) atoms. The quantitative estimate of drug-likeness (QED) is 0.863. The van der Waals surface area contributed by atoms with Crippen LogP contribution in [0.1, 0.15) is 30.0 Å². The van der Waals surface area contributed by atoms with Crippen molar-refractivity contribution in [2.24, 2.45) is 0 Å². The third kappa shape index (κ3) is 4.07. The molecular formula is C17H25N3O2. The van der Waals surface area contributed by atoms with E-state index in [2.05, 4.69) is 5.32 Å². The second-order valence-electron chi connectivity index (χ2n) is 6.05. The summed E-state index contributed by atoms with van der Waals surface area (Å²) in [6.45, 7) is 3.94.